The van der Waals surface area contributed by atoms with Crippen molar-refractivity contribution in [2.24, 2.45) is 10.9 Å². The first-order valence-corrected chi connectivity index (χ1v) is 10.7. The highest BCUT2D eigenvalue weighted by molar-refractivity contribution is 6.14. The first-order chi connectivity index (χ1) is 14.5. The van der Waals surface area contributed by atoms with Crippen LogP contribution in [0.25, 0.3) is 6.08 Å². The lowest BCUT2D eigenvalue weighted by Gasteiger charge is -2.14. The van der Waals surface area contributed by atoms with E-state index in [1.807, 2.05) is 6.07 Å². The van der Waals surface area contributed by atoms with E-state index in [4.69, 9.17) is 9.47 Å². The molecule has 7 nitrogen and oxygen atoms in total. The van der Waals surface area contributed by atoms with Crippen LogP contribution in [0.3, 0.4) is 0 Å². The van der Waals surface area contributed by atoms with Crippen molar-refractivity contribution in [1.29, 1.82) is 0 Å². The number of methoxy groups -OCH3 is 1. The number of nitrogens with zero attached hydrogens (tertiary/aromatic N) is 2. The minimum atomic E-state index is -0.163. The van der Waals surface area contributed by atoms with E-state index < -0.39 is 0 Å². The summed E-state index contributed by atoms with van der Waals surface area (Å²) in [6.45, 7) is 5.53. The van der Waals surface area contributed by atoms with Crippen LogP contribution in [-0.4, -0.2) is 49.4 Å². The van der Waals surface area contributed by atoms with Crippen molar-refractivity contribution in [2.45, 2.75) is 46.0 Å². The minimum Gasteiger partial charge on any atom is -0.493 e. The molecule has 1 N–H and O–H groups in total. The lowest BCUT2D eigenvalue weighted by atomic mass is 10.1. The molecule has 2 aliphatic rings. The van der Waals surface area contributed by atoms with E-state index in [0.717, 1.165) is 50.0 Å². The van der Waals surface area contributed by atoms with Gasteiger partial charge >= 0.3 is 0 Å². The third kappa shape index (κ3) is 5.62. The fourth-order valence-electron chi connectivity index (χ4n) is 3.49. The van der Waals surface area contributed by atoms with Crippen molar-refractivity contribution in [3.63, 3.8) is 0 Å². The maximum Gasteiger partial charge on any atom is 0.277 e. The van der Waals surface area contributed by atoms with Crippen molar-refractivity contribution >= 4 is 23.7 Å². The molecule has 30 heavy (non-hydrogen) atoms. The van der Waals surface area contributed by atoms with Gasteiger partial charge in [0.05, 0.1) is 7.11 Å². The molecule has 0 radical (unpaired) electrons. The lowest BCUT2D eigenvalue weighted by Crippen LogP contribution is -2.31. The molecule has 0 saturated carbocycles. The number of benzene rings is 1. The summed E-state index contributed by atoms with van der Waals surface area (Å²) in [5, 5.41) is 2.84. The van der Waals surface area contributed by atoms with Gasteiger partial charge in [-0.15, -0.1) is 0 Å². The third-order valence-corrected chi connectivity index (χ3v) is 5.20. The van der Waals surface area contributed by atoms with Crippen LogP contribution in [0, 0.1) is 5.92 Å². The summed E-state index contributed by atoms with van der Waals surface area (Å²) < 4.78 is 11.0. The van der Waals surface area contributed by atoms with Gasteiger partial charge in [-0.05, 0) is 49.0 Å². The van der Waals surface area contributed by atoms with E-state index in [1.165, 1.54) is 0 Å². The second kappa shape index (κ2) is 10.3. The fourth-order valence-corrected chi connectivity index (χ4v) is 3.49. The van der Waals surface area contributed by atoms with Crippen LogP contribution in [0.4, 0.5) is 0 Å². The third-order valence-electron chi connectivity index (χ3n) is 5.20. The number of hydrogen-bond donors (Lipinski definition) is 1. The molecule has 0 aliphatic carbocycles. The molecule has 1 aromatic rings. The number of rotatable bonds is 8. The monoisotopic (exact) mass is 413 g/mol. The Morgan fingerprint density at radius 1 is 1.27 bits per heavy atom. The van der Waals surface area contributed by atoms with Crippen molar-refractivity contribution in [3.8, 4) is 11.5 Å². The number of nitrogens with one attached hydrogen (secondary N) is 1. The van der Waals surface area contributed by atoms with Crippen LogP contribution in [-0.2, 0) is 9.59 Å². The Morgan fingerprint density at radius 2 is 2.10 bits per heavy atom. The molecule has 162 valence electrons. The summed E-state index contributed by atoms with van der Waals surface area (Å²) in [4.78, 5) is 31.0. The Labute approximate surface area is 178 Å². The molecule has 3 rings (SSSR count). The van der Waals surface area contributed by atoms with Crippen LogP contribution in [0.5, 0.6) is 11.5 Å². The van der Waals surface area contributed by atoms with Crippen molar-refractivity contribution in [3.05, 3.63) is 29.5 Å². The van der Waals surface area contributed by atoms with Crippen molar-refractivity contribution in [1.82, 2.24) is 10.2 Å². The van der Waals surface area contributed by atoms with Gasteiger partial charge in [0.1, 0.15) is 11.5 Å². The molecule has 2 aliphatic heterocycles. The first kappa shape index (κ1) is 21.9. The number of amidine groups is 1. The average molecular weight is 414 g/mol. The Hall–Kier alpha value is -2.83. The van der Waals surface area contributed by atoms with Gasteiger partial charge in [-0.3, -0.25) is 14.5 Å². The number of fused-ring (bicyclic) bond motifs is 1. The van der Waals surface area contributed by atoms with E-state index in [-0.39, 0.29) is 18.4 Å². The predicted octanol–water partition coefficient (Wildman–Crippen LogP) is 3.39. The zero-order valence-electron chi connectivity index (χ0n) is 18.1. The molecule has 1 aromatic carbocycles. The fraction of sp³-hybridized carbons (Fsp3) is 0.522. The quantitative estimate of drug-likeness (QED) is 0.663. The normalized spacial score (nSPS) is 17.6. The van der Waals surface area contributed by atoms with E-state index in [1.54, 1.807) is 30.2 Å². The van der Waals surface area contributed by atoms with Crippen molar-refractivity contribution < 1.29 is 19.1 Å². The summed E-state index contributed by atoms with van der Waals surface area (Å²) in [6.07, 6.45) is 6.77. The summed E-state index contributed by atoms with van der Waals surface area (Å²) in [5.41, 5.74) is 1.25. The van der Waals surface area contributed by atoms with E-state index >= 15 is 0 Å². The van der Waals surface area contributed by atoms with Gasteiger partial charge in [-0.25, -0.2) is 4.99 Å². The lowest BCUT2D eigenvalue weighted by molar-refractivity contribution is -0.123. The minimum absolute atomic E-state index is 0.0377. The average Bonchev–Trinajstić information content (AvgIpc) is 2.88. The molecular formula is C23H31N3O4. The van der Waals surface area contributed by atoms with Gasteiger partial charge < -0.3 is 14.8 Å². The first-order valence-electron chi connectivity index (χ1n) is 10.7. The van der Waals surface area contributed by atoms with Gasteiger partial charge in [0.15, 0.2) is 18.1 Å². The Balaban J connectivity index is 1.65. The Morgan fingerprint density at radius 3 is 2.87 bits per heavy atom. The Kier molecular flexibility index (Phi) is 7.49. The van der Waals surface area contributed by atoms with Gasteiger partial charge in [0, 0.05) is 19.5 Å². The maximum absolute atomic E-state index is 12.7. The van der Waals surface area contributed by atoms with Crippen LogP contribution in [0.15, 0.2) is 28.9 Å². The predicted molar refractivity (Wildman–Crippen MR) is 117 cm³/mol. The number of carbonyl (C=O) groups excluding carboxylic acids is 2. The zero-order valence-corrected chi connectivity index (χ0v) is 18.1. The van der Waals surface area contributed by atoms with Gasteiger partial charge in [0.2, 0.25) is 0 Å². The van der Waals surface area contributed by atoms with E-state index in [0.29, 0.717) is 29.7 Å². The smallest absolute Gasteiger partial charge is 0.277 e. The molecule has 2 heterocycles. The van der Waals surface area contributed by atoms with Crippen LogP contribution in [0.2, 0.25) is 0 Å². The Bertz CT molecular complexity index is 845. The maximum atomic E-state index is 12.7. The number of aliphatic imine (C=N–C) groups is 1. The number of hydrogen-bond acceptors (Lipinski definition) is 5. The second-order valence-corrected chi connectivity index (χ2v) is 8.06. The highest BCUT2D eigenvalue weighted by atomic mass is 16.5. The highest BCUT2D eigenvalue weighted by Gasteiger charge is 2.30. The SMILES string of the molecule is COc1cc(/C=C2\N=C3CCCCCN3C2=O)ccc1OCC(=O)NCCC(C)C. The van der Waals surface area contributed by atoms with Gasteiger partial charge in [0.25, 0.3) is 11.8 Å². The molecule has 7 heteroatoms. The van der Waals surface area contributed by atoms with E-state index in [9.17, 15) is 9.59 Å². The molecule has 1 saturated heterocycles. The topological polar surface area (TPSA) is 80.2 Å². The van der Waals surface area contributed by atoms with Gasteiger partial charge in [-0.2, -0.15) is 0 Å². The standard InChI is InChI=1S/C23H31N3O4/c1-16(2)10-11-24-22(27)15-30-19-9-8-17(14-20(19)29-3)13-18-23(28)26-12-6-4-5-7-21(26)25-18/h8-9,13-14,16H,4-7,10-12,15H2,1-3H3,(H,24,27)/b18-13-. The van der Waals surface area contributed by atoms with E-state index in [2.05, 4.69) is 24.2 Å². The zero-order chi connectivity index (χ0) is 21.5. The summed E-state index contributed by atoms with van der Waals surface area (Å²) in [6, 6.07) is 5.37. The molecule has 0 bridgehead atoms. The summed E-state index contributed by atoms with van der Waals surface area (Å²) in [7, 11) is 1.55. The second-order valence-electron chi connectivity index (χ2n) is 8.06. The molecule has 1 fully saturated rings. The largest absolute Gasteiger partial charge is 0.493 e. The number of ether oxygens (including phenoxy) is 2. The number of amides is 2. The number of carbonyl (C=O) groups is 2. The summed E-state index contributed by atoms with van der Waals surface area (Å²) in [5.74, 6) is 2.20. The molecule has 0 spiro atoms. The van der Waals surface area contributed by atoms with Crippen LogP contribution < -0.4 is 14.8 Å². The van der Waals surface area contributed by atoms with Crippen LogP contribution >= 0.6 is 0 Å². The molecule has 0 atom stereocenters. The van der Waals surface area contributed by atoms with Gasteiger partial charge in [-0.1, -0.05) is 26.3 Å². The van der Waals surface area contributed by atoms with Crippen LogP contribution in [0.1, 0.15) is 51.5 Å². The summed E-state index contributed by atoms with van der Waals surface area (Å²) >= 11 is 0. The molecule has 0 aromatic heterocycles. The van der Waals surface area contributed by atoms with Crippen molar-refractivity contribution in [2.75, 3.05) is 26.8 Å². The molecule has 0 unspecified atom stereocenters. The highest BCUT2D eigenvalue weighted by Crippen LogP contribution is 2.30. The molecular weight excluding hydrogens is 382 g/mol. The molecule has 2 amide bonds.